The zero-order valence-corrected chi connectivity index (χ0v) is 21.6. The van der Waals surface area contributed by atoms with Gasteiger partial charge in [-0.15, -0.1) is 11.6 Å². The average molecular weight is 494 g/mol. The number of aryl methyl sites for hydroxylation is 2. The lowest BCUT2D eigenvalue weighted by Crippen LogP contribution is -2.41. The van der Waals surface area contributed by atoms with Gasteiger partial charge in [-0.05, 0) is 84.2 Å². The number of alkyl halides is 1. The summed E-state index contributed by atoms with van der Waals surface area (Å²) in [7, 11) is 4.14. The van der Waals surface area contributed by atoms with E-state index in [1.165, 1.54) is 0 Å². The highest BCUT2D eigenvalue weighted by atomic mass is 35.5. The van der Waals surface area contributed by atoms with Gasteiger partial charge in [0.05, 0.1) is 30.9 Å². The molecule has 0 amide bonds. The van der Waals surface area contributed by atoms with Gasteiger partial charge in [-0.1, -0.05) is 12.8 Å². The summed E-state index contributed by atoms with van der Waals surface area (Å²) in [5.41, 5.74) is 1.90. The minimum Gasteiger partial charge on any atom is -0.481 e. The molecule has 0 spiro atoms. The predicted molar refractivity (Wildman–Crippen MR) is 133 cm³/mol. The molecule has 1 aromatic rings. The molecule has 8 heteroatoms. The van der Waals surface area contributed by atoms with Gasteiger partial charge in [0.15, 0.2) is 0 Å². The molecule has 4 rings (SSSR count). The number of carboxylic acid groups (broad SMARTS) is 1. The predicted octanol–water partition coefficient (Wildman–Crippen LogP) is 3.65. The summed E-state index contributed by atoms with van der Waals surface area (Å²) in [5, 5.41) is 9.66. The minimum atomic E-state index is -0.674. The van der Waals surface area contributed by atoms with E-state index in [-0.39, 0.29) is 23.0 Å². The fourth-order valence-electron chi connectivity index (χ4n) is 6.48. The first-order valence-corrected chi connectivity index (χ1v) is 13.4. The van der Waals surface area contributed by atoms with Crippen molar-refractivity contribution in [2.24, 2.45) is 17.8 Å². The first-order chi connectivity index (χ1) is 16.2. The van der Waals surface area contributed by atoms with Crippen LogP contribution in [0.3, 0.4) is 0 Å². The monoisotopic (exact) mass is 493 g/mol. The van der Waals surface area contributed by atoms with Gasteiger partial charge in [0.2, 0.25) is 0 Å². The van der Waals surface area contributed by atoms with E-state index in [4.69, 9.17) is 21.3 Å². The van der Waals surface area contributed by atoms with E-state index in [9.17, 15) is 14.7 Å². The zero-order chi connectivity index (χ0) is 24.4. The van der Waals surface area contributed by atoms with E-state index in [0.29, 0.717) is 31.0 Å². The highest BCUT2D eigenvalue weighted by Crippen LogP contribution is 2.42. The number of carbonyl (C=O) groups is 1. The quantitative estimate of drug-likeness (QED) is 0.583. The van der Waals surface area contributed by atoms with Gasteiger partial charge >= 0.3 is 5.97 Å². The molecule has 0 radical (unpaired) electrons. The average Bonchev–Trinajstić information content (AvgIpc) is 2.81. The Morgan fingerprint density at radius 1 is 1.21 bits per heavy atom. The second kappa shape index (κ2) is 11.1. The van der Waals surface area contributed by atoms with Crippen molar-refractivity contribution in [2.45, 2.75) is 95.2 Å². The first-order valence-electron chi connectivity index (χ1n) is 13.0. The largest absolute Gasteiger partial charge is 0.481 e. The second-order valence-electron chi connectivity index (χ2n) is 10.8. The fraction of sp³-hybridized carbons (Fsp3) is 0.808. The molecular weight excluding hydrogens is 454 g/mol. The van der Waals surface area contributed by atoms with Gasteiger partial charge < -0.3 is 14.7 Å². The number of carboxylic acids is 1. The maximum Gasteiger partial charge on any atom is 0.306 e. The lowest BCUT2D eigenvalue weighted by molar-refractivity contribution is -0.144. The van der Waals surface area contributed by atoms with Gasteiger partial charge in [-0.2, -0.15) is 0 Å². The van der Waals surface area contributed by atoms with Crippen LogP contribution in [0, 0.1) is 24.7 Å². The maximum absolute atomic E-state index is 13.3. The van der Waals surface area contributed by atoms with Crippen molar-refractivity contribution >= 4 is 17.6 Å². The highest BCUT2D eigenvalue weighted by Gasteiger charge is 2.39. The lowest BCUT2D eigenvalue weighted by atomic mass is 9.69. The van der Waals surface area contributed by atoms with Crippen LogP contribution >= 0.6 is 11.6 Å². The van der Waals surface area contributed by atoms with Gasteiger partial charge in [0.25, 0.3) is 5.56 Å². The van der Waals surface area contributed by atoms with E-state index < -0.39 is 5.97 Å². The Hall–Kier alpha value is -1.44. The molecule has 1 N–H and O–H groups in total. The first kappa shape index (κ1) is 25.6. The molecule has 3 aliphatic rings. The van der Waals surface area contributed by atoms with Crippen LogP contribution in [0.2, 0.25) is 0 Å². The van der Waals surface area contributed by atoms with E-state index >= 15 is 0 Å². The summed E-state index contributed by atoms with van der Waals surface area (Å²) >= 11 is 6.54. The van der Waals surface area contributed by atoms with Crippen molar-refractivity contribution < 1.29 is 14.6 Å². The van der Waals surface area contributed by atoms with Gasteiger partial charge in [-0.3, -0.25) is 14.2 Å². The van der Waals surface area contributed by atoms with Crippen molar-refractivity contribution in [3.8, 4) is 0 Å². The third-order valence-corrected chi connectivity index (χ3v) is 8.91. The van der Waals surface area contributed by atoms with E-state index in [1.54, 1.807) is 4.57 Å². The van der Waals surface area contributed by atoms with Crippen LogP contribution in [-0.4, -0.2) is 63.8 Å². The Labute approximate surface area is 207 Å². The molecular formula is C26H40ClN3O4. The third-order valence-electron chi connectivity index (χ3n) is 8.51. The Morgan fingerprint density at radius 2 is 2.00 bits per heavy atom. The molecule has 1 aromatic heterocycles. The van der Waals surface area contributed by atoms with Crippen LogP contribution in [0.25, 0.3) is 0 Å². The summed E-state index contributed by atoms with van der Waals surface area (Å²) < 4.78 is 8.19. The summed E-state index contributed by atoms with van der Waals surface area (Å²) in [4.78, 5) is 31.9. The molecule has 190 valence electrons. The van der Waals surface area contributed by atoms with Crippen LogP contribution in [0.5, 0.6) is 0 Å². The topological polar surface area (TPSA) is 84.7 Å². The van der Waals surface area contributed by atoms with Crippen molar-refractivity contribution in [2.75, 3.05) is 20.7 Å². The summed E-state index contributed by atoms with van der Waals surface area (Å²) in [5.74, 6) is 0.474. The number of hydrogen-bond donors (Lipinski definition) is 1. The third kappa shape index (κ3) is 5.68. The Bertz CT molecular complexity index is 933. The zero-order valence-electron chi connectivity index (χ0n) is 20.8. The molecule has 6 atom stereocenters. The number of hydrogen-bond acceptors (Lipinski definition) is 5. The minimum absolute atomic E-state index is 0.0762. The van der Waals surface area contributed by atoms with Crippen LogP contribution < -0.4 is 5.56 Å². The van der Waals surface area contributed by atoms with E-state index in [0.717, 1.165) is 81.3 Å². The Morgan fingerprint density at radius 3 is 2.74 bits per heavy atom. The van der Waals surface area contributed by atoms with E-state index in [2.05, 4.69) is 19.0 Å². The van der Waals surface area contributed by atoms with Crippen molar-refractivity contribution in [1.29, 1.82) is 0 Å². The van der Waals surface area contributed by atoms with Crippen LogP contribution in [-0.2, 0) is 28.9 Å². The number of aromatic nitrogens is 2. The number of halogens is 1. The SMILES string of the molecule is Cc1nc2c(c(=O)n1CCOC1CCC(Cl)CC1C1CCCC(C(=O)O)C1)CC(N(C)C)CC2. The van der Waals surface area contributed by atoms with Crippen molar-refractivity contribution in [1.82, 2.24) is 14.5 Å². The molecule has 0 saturated heterocycles. The van der Waals surface area contributed by atoms with Crippen molar-refractivity contribution in [3.63, 3.8) is 0 Å². The highest BCUT2D eigenvalue weighted by molar-refractivity contribution is 6.20. The molecule has 2 fully saturated rings. The van der Waals surface area contributed by atoms with Crippen LogP contribution in [0.15, 0.2) is 4.79 Å². The molecule has 2 saturated carbocycles. The number of ether oxygens (including phenoxy) is 1. The Balaban J connectivity index is 1.42. The number of aliphatic carboxylic acids is 1. The fourth-order valence-corrected chi connectivity index (χ4v) is 6.81. The molecule has 3 aliphatic carbocycles. The van der Waals surface area contributed by atoms with Crippen LogP contribution in [0.1, 0.15) is 68.4 Å². The molecule has 34 heavy (non-hydrogen) atoms. The van der Waals surface area contributed by atoms with Crippen molar-refractivity contribution in [3.05, 3.63) is 27.4 Å². The number of rotatable bonds is 7. The normalized spacial score (nSPS) is 31.9. The van der Waals surface area contributed by atoms with Crippen LogP contribution in [0.4, 0.5) is 0 Å². The molecule has 6 unspecified atom stereocenters. The van der Waals surface area contributed by atoms with Gasteiger partial charge in [0.1, 0.15) is 5.82 Å². The summed E-state index contributed by atoms with van der Waals surface area (Å²) in [6.07, 6.45) is 8.93. The number of likely N-dealkylation sites (N-methyl/N-ethyl adjacent to an activating group) is 1. The lowest BCUT2D eigenvalue weighted by Gasteiger charge is -2.41. The second-order valence-corrected chi connectivity index (χ2v) is 11.5. The molecule has 7 nitrogen and oxygen atoms in total. The van der Waals surface area contributed by atoms with Gasteiger partial charge in [-0.25, -0.2) is 4.98 Å². The molecule has 0 aromatic carbocycles. The Kier molecular flexibility index (Phi) is 8.36. The summed E-state index contributed by atoms with van der Waals surface area (Å²) in [6.45, 7) is 2.87. The number of nitrogens with zero attached hydrogens (tertiary/aromatic N) is 3. The molecule has 0 bridgehead atoms. The van der Waals surface area contributed by atoms with E-state index in [1.807, 2.05) is 6.92 Å². The molecule has 1 heterocycles. The standard InChI is InChI=1S/C26H40ClN3O4/c1-16-28-23-9-8-20(29(2)3)15-22(23)25(31)30(16)11-12-34-24-10-7-19(27)14-21(24)17-5-4-6-18(13-17)26(32)33/h17-21,24H,4-15H2,1-3H3,(H,32,33). The smallest absolute Gasteiger partial charge is 0.306 e. The maximum atomic E-state index is 13.3. The van der Waals surface area contributed by atoms with Gasteiger partial charge in [0, 0.05) is 17.0 Å². The summed E-state index contributed by atoms with van der Waals surface area (Å²) in [6, 6.07) is 0.381. The number of fused-ring (bicyclic) bond motifs is 1. The molecule has 0 aliphatic heterocycles.